The Morgan fingerprint density at radius 3 is 2.57 bits per heavy atom. The summed E-state index contributed by atoms with van der Waals surface area (Å²) in [6.45, 7) is 0.440. The second kappa shape index (κ2) is 6.48. The zero-order valence-electron chi connectivity index (χ0n) is 12.1. The minimum absolute atomic E-state index is 0.0827. The minimum atomic E-state index is -0.861. The molecule has 1 N–H and O–H groups in total. The number of hydrogen-bond acceptors (Lipinski definition) is 2. The van der Waals surface area contributed by atoms with Gasteiger partial charge in [0.15, 0.2) is 0 Å². The number of hydrogen-bond donors (Lipinski definition) is 1. The van der Waals surface area contributed by atoms with Gasteiger partial charge in [0.2, 0.25) is 5.91 Å². The van der Waals surface area contributed by atoms with Gasteiger partial charge in [0.05, 0.1) is 5.41 Å². The van der Waals surface area contributed by atoms with Crippen LogP contribution >= 0.6 is 11.6 Å². The van der Waals surface area contributed by atoms with Crippen LogP contribution in [-0.4, -0.2) is 28.9 Å². The van der Waals surface area contributed by atoms with Gasteiger partial charge in [-0.1, -0.05) is 36.6 Å². The van der Waals surface area contributed by atoms with Gasteiger partial charge >= 0.3 is 5.97 Å². The molecule has 0 spiro atoms. The van der Waals surface area contributed by atoms with Crippen molar-refractivity contribution in [3.8, 4) is 0 Å². The predicted molar refractivity (Wildman–Crippen MR) is 81.1 cm³/mol. The number of carboxylic acid groups (broad SMARTS) is 1. The molecule has 0 unspecified atom stereocenters. The summed E-state index contributed by atoms with van der Waals surface area (Å²) in [6, 6.07) is 7.34. The molecule has 1 aromatic rings. The smallest absolute Gasteiger partial charge is 0.310 e. The largest absolute Gasteiger partial charge is 0.481 e. The molecule has 4 nitrogen and oxygen atoms in total. The zero-order valence-corrected chi connectivity index (χ0v) is 12.9. The van der Waals surface area contributed by atoms with Crippen LogP contribution in [0.2, 0.25) is 5.02 Å². The van der Waals surface area contributed by atoms with Gasteiger partial charge in [-0.05, 0) is 30.5 Å². The first-order chi connectivity index (χ1) is 9.93. The molecular weight excluding hydrogens is 290 g/mol. The highest BCUT2D eigenvalue weighted by Crippen LogP contribution is 2.41. The maximum atomic E-state index is 12.3. The van der Waals surface area contributed by atoms with E-state index in [1.165, 1.54) is 0 Å². The Kier molecular flexibility index (Phi) is 4.88. The summed E-state index contributed by atoms with van der Waals surface area (Å²) in [5, 5.41) is 10.1. The fraction of sp³-hybridized carbons (Fsp3) is 0.500. The summed E-state index contributed by atoms with van der Waals surface area (Å²) >= 11 is 5.93. The molecule has 1 saturated carbocycles. The van der Waals surface area contributed by atoms with Gasteiger partial charge in [-0.25, -0.2) is 0 Å². The average molecular weight is 310 g/mol. The second-order valence-electron chi connectivity index (χ2n) is 5.85. The molecule has 1 aliphatic carbocycles. The normalized spacial score (nSPS) is 16.7. The standard InChI is InChI=1S/C16H20ClNO3/c1-18(11-12-5-4-6-13(17)9-12)14(19)10-16(15(20)21)7-2-3-8-16/h4-6,9H,2-3,7-8,10-11H2,1H3,(H,20,21). The Morgan fingerprint density at radius 2 is 2.00 bits per heavy atom. The third-order valence-corrected chi connectivity index (χ3v) is 4.47. The van der Waals surface area contributed by atoms with Gasteiger partial charge in [-0.3, -0.25) is 9.59 Å². The highest BCUT2D eigenvalue weighted by atomic mass is 35.5. The summed E-state index contributed by atoms with van der Waals surface area (Å²) in [5.74, 6) is -0.969. The first kappa shape index (κ1) is 15.8. The third kappa shape index (κ3) is 3.76. The molecule has 0 aromatic heterocycles. The maximum absolute atomic E-state index is 12.3. The van der Waals surface area contributed by atoms with E-state index >= 15 is 0 Å². The minimum Gasteiger partial charge on any atom is -0.481 e. The molecule has 114 valence electrons. The molecule has 0 heterocycles. The lowest BCUT2D eigenvalue weighted by molar-refractivity contribution is -0.153. The number of carbonyl (C=O) groups excluding carboxylic acids is 1. The number of carbonyl (C=O) groups is 2. The van der Waals surface area contributed by atoms with Gasteiger partial charge < -0.3 is 10.0 Å². The van der Waals surface area contributed by atoms with E-state index < -0.39 is 11.4 Å². The molecule has 21 heavy (non-hydrogen) atoms. The first-order valence-electron chi connectivity index (χ1n) is 7.15. The van der Waals surface area contributed by atoms with E-state index in [9.17, 15) is 14.7 Å². The van der Waals surface area contributed by atoms with Crippen molar-refractivity contribution in [2.24, 2.45) is 5.41 Å². The van der Waals surface area contributed by atoms with E-state index in [1.54, 1.807) is 18.0 Å². The molecule has 0 aliphatic heterocycles. The van der Waals surface area contributed by atoms with Crippen LogP contribution in [0.1, 0.15) is 37.7 Å². The monoisotopic (exact) mass is 309 g/mol. The maximum Gasteiger partial charge on any atom is 0.310 e. The summed E-state index contributed by atoms with van der Waals surface area (Å²) in [6.07, 6.45) is 3.05. The van der Waals surface area contributed by atoms with E-state index in [4.69, 9.17) is 11.6 Å². The van der Waals surface area contributed by atoms with Crippen molar-refractivity contribution < 1.29 is 14.7 Å². The van der Waals surface area contributed by atoms with Crippen molar-refractivity contribution in [1.29, 1.82) is 0 Å². The van der Waals surface area contributed by atoms with Crippen LogP contribution in [0.25, 0.3) is 0 Å². The number of aliphatic carboxylic acids is 1. The van der Waals surface area contributed by atoms with Crippen LogP contribution in [0.5, 0.6) is 0 Å². The van der Waals surface area contributed by atoms with Gasteiger partial charge in [-0.15, -0.1) is 0 Å². The highest BCUT2D eigenvalue weighted by Gasteiger charge is 2.43. The van der Waals surface area contributed by atoms with Crippen molar-refractivity contribution in [2.45, 2.75) is 38.6 Å². The molecule has 5 heteroatoms. The number of halogens is 1. The molecule has 1 amide bonds. The van der Waals surface area contributed by atoms with Crippen LogP contribution in [0.3, 0.4) is 0 Å². The van der Waals surface area contributed by atoms with Gasteiger partial charge in [0.25, 0.3) is 0 Å². The van der Waals surface area contributed by atoms with Crippen LogP contribution in [0.4, 0.5) is 0 Å². The molecule has 0 atom stereocenters. The lowest BCUT2D eigenvalue weighted by Gasteiger charge is -2.26. The fourth-order valence-corrected chi connectivity index (χ4v) is 3.15. The molecule has 0 radical (unpaired) electrons. The van der Waals surface area contributed by atoms with E-state index in [0.29, 0.717) is 24.4 Å². The zero-order chi connectivity index (χ0) is 15.5. The van der Waals surface area contributed by atoms with Gasteiger partial charge in [0, 0.05) is 25.0 Å². The molecule has 1 fully saturated rings. The molecule has 1 aliphatic rings. The number of carboxylic acids is 1. The van der Waals surface area contributed by atoms with E-state index in [1.807, 2.05) is 18.2 Å². The van der Waals surface area contributed by atoms with Crippen molar-refractivity contribution >= 4 is 23.5 Å². The van der Waals surface area contributed by atoms with Crippen LogP contribution in [0, 0.1) is 5.41 Å². The number of nitrogens with zero attached hydrogens (tertiary/aromatic N) is 1. The SMILES string of the molecule is CN(Cc1cccc(Cl)c1)C(=O)CC1(C(=O)O)CCCC1. The molecule has 0 saturated heterocycles. The second-order valence-corrected chi connectivity index (χ2v) is 6.29. The topological polar surface area (TPSA) is 57.6 Å². The quantitative estimate of drug-likeness (QED) is 0.907. The van der Waals surface area contributed by atoms with Crippen LogP contribution < -0.4 is 0 Å². The van der Waals surface area contributed by atoms with Gasteiger partial charge in [0.1, 0.15) is 0 Å². The molecular formula is C16H20ClNO3. The Balaban J connectivity index is 2.01. The van der Waals surface area contributed by atoms with Crippen molar-refractivity contribution in [2.75, 3.05) is 7.05 Å². The molecule has 0 bridgehead atoms. The molecule has 2 rings (SSSR count). The summed E-state index contributed by atoms with van der Waals surface area (Å²) in [4.78, 5) is 25.4. The summed E-state index contributed by atoms with van der Waals surface area (Å²) in [7, 11) is 1.70. The Labute approximate surface area is 129 Å². The average Bonchev–Trinajstić information content (AvgIpc) is 2.88. The number of rotatable bonds is 5. The number of amides is 1. The van der Waals surface area contributed by atoms with Crippen molar-refractivity contribution in [3.05, 3.63) is 34.9 Å². The van der Waals surface area contributed by atoms with E-state index in [2.05, 4.69) is 0 Å². The lowest BCUT2D eigenvalue weighted by atomic mass is 9.82. The van der Waals surface area contributed by atoms with Crippen LogP contribution in [0.15, 0.2) is 24.3 Å². The Hall–Kier alpha value is -1.55. The lowest BCUT2D eigenvalue weighted by Crippen LogP contribution is -2.36. The van der Waals surface area contributed by atoms with Crippen molar-refractivity contribution in [3.63, 3.8) is 0 Å². The highest BCUT2D eigenvalue weighted by molar-refractivity contribution is 6.30. The first-order valence-corrected chi connectivity index (χ1v) is 7.52. The Bertz CT molecular complexity index is 538. The van der Waals surface area contributed by atoms with Crippen LogP contribution in [-0.2, 0) is 16.1 Å². The molecule has 1 aromatic carbocycles. The summed E-state index contributed by atoms with van der Waals surface area (Å²) in [5.41, 5.74) is 0.0776. The predicted octanol–water partition coefficient (Wildman–Crippen LogP) is 3.33. The third-order valence-electron chi connectivity index (χ3n) is 4.24. The Morgan fingerprint density at radius 1 is 1.33 bits per heavy atom. The van der Waals surface area contributed by atoms with Crippen molar-refractivity contribution in [1.82, 2.24) is 4.90 Å². The van der Waals surface area contributed by atoms with E-state index in [-0.39, 0.29) is 12.3 Å². The summed E-state index contributed by atoms with van der Waals surface area (Å²) < 4.78 is 0. The fourth-order valence-electron chi connectivity index (χ4n) is 2.94. The number of benzene rings is 1. The van der Waals surface area contributed by atoms with E-state index in [0.717, 1.165) is 18.4 Å². The van der Waals surface area contributed by atoms with Gasteiger partial charge in [-0.2, -0.15) is 0 Å².